The van der Waals surface area contributed by atoms with Crippen LogP contribution >= 0.6 is 0 Å². The van der Waals surface area contributed by atoms with E-state index in [2.05, 4.69) is 85.0 Å². The quantitative estimate of drug-likeness (QED) is 0.309. The highest BCUT2D eigenvalue weighted by atomic mass is 28.4. The van der Waals surface area contributed by atoms with Crippen molar-refractivity contribution in [1.29, 1.82) is 0 Å². The van der Waals surface area contributed by atoms with Gasteiger partial charge in [-0.1, -0.05) is 45.0 Å². The Morgan fingerprint density at radius 2 is 1.62 bits per heavy atom. The molecular weight excluding hydrogens is 605 g/mol. The molecule has 0 aliphatic carbocycles. The second kappa shape index (κ2) is 14.3. The van der Waals surface area contributed by atoms with E-state index in [0.29, 0.717) is 32.1 Å². The third-order valence-corrected chi connectivity index (χ3v) is 15.9. The first-order chi connectivity index (χ1) is 22.5. The number of nitrogens with zero attached hydrogens (tertiary/aromatic N) is 6. The van der Waals surface area contributed by atoms with Gasteiger partial charge in [0.15, 0.2) is 8.32 Å². The summed E-state index contributed by atoms with van der Waals surface area (Å²) >= 11 is 0. The van der Waals surface area contributed by atoms with Crippen LogP contribution in [0.15, 0.2) is 42.6 Å². The Kier molecular flexibility index (Phi) is 10.3. The summed E-state index contributed by atoms with van der Waals surface area (Å²) in [6.45, 7) is 20.4. The highest BCUT2D eigenvalue weighted by Gasteiger charge is 2.41. The molecule has 10 heteroatoms. The zero-order valence-electron chi connectivity index (χ0n) is 29.4. The summed E-state index contributed by atoms with van der Waals surface area (Å²) in [5, 5.41) is 0.0968. The third kappa shape index (κ3) is 8.03. The number of aromatic nitrogens is 1. The monoisotopic (exact) mass is 660 g/mol. The SMILES string of the molecule is CC(C)(C)[Si](C)(C)OC(CN1CCc2ccccc2C1)CN1CCN(Cc2ccc(N3CCC(C(=O)N4CCCC4)CC3)cn2)C1=O. The van der Waals surface area contributed by atoms with Crippen molar-refractivity contribution in [1.82, 2.24) is 24.6 Å². The van der Waals surface area contributed by atoms with Crippen LogP contribution in [-0.2, 0) is 28.7 Å². The van der Waals surface area contributed by atoms with Crippen LogP contribution in [0.4, 0.5) is 10.5 Å². The van der Waals surface area contributed by atoms with Gasteiger partial charge >= 0.3 is 6.03 Å². The molecule has 0 radical (unpaired) electrons. The van der Waals surface area contributed by atoms with E-state index in [9.17, 15) is 9.59 Å². The smallest absolute Gasteiger partial charge is 0.320 e. The van der Waals surface area contributed by atoms with Gasteiger partial charge in [-0.15, -0.1) is 0 Å². The van der Waals surface area contributed by atoms with Crippen molar-refractivity contribution in [3.8, 4) is 0 Å². The van der Waals surface area contributed by atoms with Gasteiger partial charge in [0.1, 0.15) is 0 Å². The fraction of sp³-hybridized carbons (Fsp3) is 0.649. The van der Waals surface area contributed by atoms with Crippen LogP contribution in [0.2, 0.25) is 18.1 Å². The van der Waals surface area contributed by atoms with E-state index in [4.69, 9.17) is 9.41 Å². The summed E-state index contributed by atoms with van der Waals surface area (Å²) in [7, 11) is -2.04. The second-order valence-corrected chi connectivity index (χ2v) is 20.5. The molecule has 0 spiro atoms. The molecule has 1 unspecified atom stereocenters. The molecule has 5 heterocycles. The predicted molar refractivity (Wildman–Crippen MR) is 190 cm³/mol. The molecule has 1 aromatic carbocycles. The summed E-state index contributed by atoms with van der Waals surface area (Å²) in [5.41, 5.74) is 4.86. The molecule has 0 bridgehead atoms. The van der Waals surface area contributed by atoms with E-state index in [-0.39, 0.29) is 23.1 Å². The number of hydrogen-bond acceptors (Lipinski definition) is 6. The van der Waals surface area contributed by atoms with Gasteiger partial charge in [0.25, 0.3) is 0 Å². The maximum Gasteiger partial charge on any atom is 0.320 e. The Labute approximate surface area is 283 Å². The highest BCUT2D eigenvalue weighted by Crippen LogP contribution is 2.38. The summed E-state index contributed by atoms with van der Waals surface area (Å²) in [6.07, 6.45) is 7.06. The number of pyridine rings is 1. The van der Waals surface area contributed by atoms with Crippen molar-refractivity contribution in [2.45, 2.75) is 90.2 Å². The van der Waals surface area contributed by atoms with Crippen molar-refractivity contribution >= 4 is 25.9 Å². The van der Waals surface area contributed by atoms with Crippen molar-refractivity contribution in [2.24, 2.45) is 5.92 Å². The van der Waals surface area contributed by atoms with Gasteiger partial charge in [-0.25, -0.2) is 4.79 Å². The Balaban J connectivity index is 1.03. The van der Waals surface area contributed by atoms with Crippen LogP contribution in [0.3, 0.4) is 0 Å². The van der Waals surface area contributed by atoms with Crippen LogP contribution in [0.25, 0.3) is 0 Å². The minimum Gasteiger partial charge on any atom is -0.411 e. The first kappa shape index (κ1) is 33.9. The number of rotatable bonds is 10. The summed E-state index contributed by atoms with van der Waals surface area (Å²) in [6, 6.07) is 13.0. The normalized spacial score (nSPS) is 20.7. The van der Waals surface area contributed by atoms with E-state index >= 15 is 0 Å². The summed E-state index contributed by atoms with van der Waals surface area (Å²) < 4.78 is 7.02. The Morgan fingerprint density at radius 1 is 0.915 bits per heavy atom. The lowest BCUT2D eigenvalue weighted by atomic mass is 9.95. The van der Waals surface area contributed by atoms with Gasteiger partial charge in [0.05, 0.1) is 30.2 Å². The fourth-order valence-electron chi connectivity index (χ4n) is 7.39. The number of amides is 3. The molecule has 3 saturated heterocycles. The highest BCUT2D eigenvalue weighted by molar-refractivity contribution is 6.74. The van der Waals surface area contributed by atoms with Crippen LogP contribution in [0.1, 0.15) is 63.3 Å². The number of benzene rings is 1. The van der Waals surface area contributed by atoms with Crippen LogP contribution in [0, 0.1) is 5.92 Å². The van der Waals surface area contributed by atoms with E-state index in [0.717, 1.165) is 89.3 Å². The molecule has 6 rings (SSSR count). The average molecular weight is 661 g/mol. The van der Waals surface area contributed by atoms with E-state index in [1.54, 1.807) is 0 Å². The van der Waals surface area contributed by atoms with Gasteiger partial charge < -0.3 is 24.0 Å². The van der Waals surface area contributed by atoms with E-state index in [1.807, 2.05) is 16.0 Å². The van der Waals surface area contributed by atoms with Gasteiger partial charge in [0.2, 0.25) is 5.91 Å². The summed E-state index contributed by atoms with van der Waals surface area (Å²) in [5.74, 6) is 0.513. The van der Waals surface area contributed by atoms with Crippen LogP contribution < -0.4 is 4.90 Å². The summed E-state index contributed by atoms with van der Waals surface area (Å²) in [4.78, 5) is 42.1. The molecule has 47 heavy (non-hydrogen) atoms. The standard InChI is InChI=1S/C37H56N6O3Si/c1-37(2,3)47(4,5)46-34(27-39-19-14-29-10-6-7-11-31(29)25-39)28-43-23-22-42(36(43)45)26-32-12-13-33(24-38-32)40-20-15-30(16-21-40)35(44)41-17-8-9-18-41/h6-7,10-13,24,30,34H,8-9,14-23,25-28H2,1-5H3. The molecular formula is C37H56N6O3Si. The topological polar surface area (TPSA) is 72.5 Å². The van der Waals surface area contributed by atoms with Crippen LogP contribution in [-0.4, -0.2) is 110 Å². The van der Waals surface area contributed by atoms with Crippen molar-refractivity contribution < 1.29 is 14.0 Å². The lowest BCUT2D eigenvalue weighted by Gasteiger charge is -2.42. The third-order valence-electron chi connectivity index (χ3n) is 11.3. The lowest BCUT2D eigenvalue weighted by molar-refractivity contribution is -0.135. The Hall–Kier alpha value is -2.95. The van der Waals surface area contributed by atoms with Crippen molar-refractivity contribution in [3.63, 3.8) is 0 Å². The molecule has 3 amide bonds. The minimum atomic E-state index is -2.04. The number of likely N-dealkylation sites (tertiary alicyclic amines) is 1. The number of carbonyl (C=O) groups excluding carboxylic acids is 2. The minimum absolute atomic E-state index is 0.0303. The lowest BCUT2D eigenvalue weighted by Crippen LogP contribution is -2.51. The molecule has 1 atom stereocenters. The molecule has 0 N–H and O–H groups in total. The molecule has 4 aliphatic heterocycles. The number of hydrogen-bond donors (Lipinski definition) is 0. The molecule has 0 saturated carbocycles. The van der Waals surface area contributed by atoms with E-state index < -0.39 is 8.32 Å². The van der Waals surface area contributed by atoms with Gasteiger partial charge in [-0.05, 0) is 73.5 Å². The van der Waals surface area contributed by atoms with E-state index in [1.165, 1.54) is 11.1 Å². The first-order valence-corrected chi connectivity index (χ1v) is 20.9. The number of anilines is 1. The average Bonchev–Trinajstić information content (AvgIpc) is 3.71. The van der Waals surface area contributed by atoms with Gasteiger partial charge in [-0.3, -0.25) is 14.7 Å². The molecule has 4 aliphatic rings. The maximum absolute atomic E-state index is 13.7. The number of piperidine rings is 1. The first-order valence-electron chi connectivity index (χ1n) is 18.0. The zero-order valence-corrected chi connectivity index (χ0v) is 30.4. The number of urea groups is 1. The Morgan fingerprint density at radius 3 is 2.30 bits per heavy atom. The maximum atomic E-state index is 13.7. The number of fused-ring (bicyclic) bond motifs is 1. The molecule has 2 aromatic rings. The fourth-order valence-corrected chi connectivity index (χ4v) is 8.73. The molecule has 9 nitrogen and oxygen atoms in total. The Bertz CT molecular complexity index is 1380. The molecule has 1 aromatic heterocycles. The predicted octanol–water partition coefficient (Wildman–Crippen LogP) is 5.61. The van der Waals surface area contributed by atoms with Gasteiger partial charge in [-0.2, -0.15) is 0 Å². The van der Waals surface area contributed by atoms with Crippen LogP contribution in [0.5, 0.6) is 0 Å². The van der Waals surface area contributed by atoms with Crippen molar-refractivity contribution in [3.05, 3.63) is 59.4 Å². The second-order valence-electron chi connectivity index (χ2n) is 15.7. The molecule has 256 valence electrons. The van der Waals surface area contributed by atoms with Crippen molar-refractivity contribution in [2.75, 3.05) is 63.8 Å². The molecule has 3 fully saturated rings. The zero-order chi connectivity index (χ0) is 33.2. The largest absolute Gasteiger partial charge is 0.411 e. The number of carbonyl (C=O) groups is 2. The van der Waals surface area contributed by atoms with Gasteiger partial charge in [0, 0.05) is 71.4 Å².